The number of halogens is 1. The highest BCUT2D eigenvalue weighted by molar-refractivity contribution is 6.33. The van der Waals surface area contributed by atoms with Gasteiger partial charge in [-0.3, -0.25) is 4.79 Å². The number of ether oxygens (including phenoxy) is 1. The lowest BCUT2D eigenvalue weighted by molar-refractivity contribution is 0.0600. The number of hydrogen-bond acceptors (Lipinski definition) is 4. The molecule has 0 amide bonds. The Kier molecular flexibility index (Phi) is 5.11. The Morgan fingerprint density at radius 2 is 1.96 bits per heavy atom. The Morgan fingerprint density at radius 3 is 2.52 bits per heavy atom. The standard InChI is InChI=1S/C17H19ClN2O3/c1-10-7-13(11(2)20(10)3)16(21)9-19-15-8-12(17(22)23-4)5-6-14(15)18/h5-8,19H,9H2,1-4H3. The maximum Gasteiger partial charge on any atom is 0.337 e. The average molecular weight is 335 g/mol. The van der Waals surface area contributed by atoms with Crippen LogP contribution in [0, 0.1) is 13.8 Å². The molecule has 0 fully saturated rings. The Bertz CT molecular complexity index is 765. The summed E-state index contributed by atoms with van der Waals surface area (Å²) in [5.74, 6) is -0.490. The Labute approximate surface area is 140 Å². The van der Waals surface area contributed by atoms with E-state index in [0.717, 1.165) is 11.4 Å². The zero-order valence-corrected chi connectivity index (χ0v) is 14.3. The molecule has 1 heterocycles. The normalized spacial score (nSPS) is 10.5. The van der Waals surface area contributed by atoms with Crippen molar-refractivity contribution in [1.82, 2.24) is 4.57 Å². The first-order valence-electron chi connectivity index (χ1n) is 7.13. The zero-order chi connectivity index (χ0) is 17.1. The van der Waals surface area contributed by atoms with Crippen LogP contribution in [-0.4, -0.2) is 30.0 Å². The number of aromatic nitrogens is 1. The molecule has 0 saturated carbocycles. The zero-order valence-electron chi connectivity index (χ0n) is 13.6. The summed E-state index contributed by atoms with van der Waals surface area (Å²) < 4.78 is 6.65. The SMILES string of the molecule is COC(=O)c1ccc(Cl)c(NCC(=O)c2cc(C)n(C)c2C)c1. The molecule has 0 aliphatic carbocycles. The number of esters is 1. The number of carbonyl (C=O) groups excluding carboxylic acids is 2. The lowest BCUT2D eigenvalue weighted by Gasteiger charge is -2.09. The summed E-state index contributed by atoms with van der Waals surface area (Å²) in [4.78, 5) is 23.9. The van der Waals surface area contributed by atoms with Gasteiger partial charge in [0.2, 0.25) is 0 Å². The molecule has 0 aliphatic heterocycles. The number of carbonyl (C=O) groups is 2. The highest BCUT2D eigenvalue weighted by Crippen LogP contribution is 2.24. The van der Waals surface area contributed by atoms with Gasteiger partial charge in [-0.05, 0) is 38.1 Å². The van der Waals surface area contributed by atoms with E-state index in [-0.39, 0.29) is 12.3 Å². The average Bonchev–Trinajstić information content (AvgIpc) is 2.80. The summed E-state index contributed by atoms with van der Waals surface area (Å²) in [6.07, 6.45) is 0. The molecule has 2 rings (SSSR count). The van der Waals surface area contributed by atoms with Gasteiger partial charge in [-0.25, -0.2) is 4.79 Å². The molecule has 0 aliphatic rings. The number of methoxy groups -OCH3 is 1. The molecular weight excluding hydrogens is 316 g/mol. The van der Waals surface area contributed by atoms with Crippen LogP contribution in [0.25, 0.3) is 0 Å². The molecule has 0 unspecified atom stereocenters. The van der Waals surface area contributed by atoms with E-state index in [4.69, 9.17) is 11.6 Å². The van der Waals surface area contributed by atoms with Crippen LogP contribution in [0.5, 0.6) is 0 Å². The molecule has 1 aromatic heterocycles. The van der Waals surface area contributed by atoms with Crippen LogP contribution in [-0.2, 0) is 11.8 Å². The quantitative estimate of drug-likeness (QED) is 0.672. The third-order valence-electron chi connectivity index (χ3n) is 3.90. The van der Waals surface area contributed by atoms with Crippen molar-refractivity contribution in [2.24, 2.45) is 7.05 Å². The highest BCUT2D eigenvalue weighted by atomic mass is 35.5. The van der Waals surface area contributed by atoms with Gasteiger partial charge in [0.1, 0.15) is 0 Å². The minimum absolute atomic E-state index is 0.0364. The summed E-state index contributed by atoms with van der Waals surface area (Å²) in [6.45, 7) is 3.95. The smallest absolute Gasteiger partial charge is 0.337 e. The van der Waals surface area contributed by atoms with E-state index >= 15 is 0 Å². The first kappa shape index (κ1) is 17.1. The summed E-state index contributed by atoms with van der Waals surface area (Å²) in [5, 5.41) is 3.42. The van der Waals surface area contributed by atoms with Gasteiger partial charge in [-0.1, -0.05) is 11.6 Å². The third-order valence-corrected chi connectivity index (χ3v) is 4.23. The molecule has 0 atom stereocenters. The van der Waals surface area contributed by atoms with Gasteiger partial charge in [-0.2, -0.15) is 0 Å². The molecule has 0 saturated heterocycles. The fourth-order valence-corrected chi connectivity index (χ4v) is 2.50. The van der Waals surface area contributed by atoms with Gasteiger partial charge < -0.3 is 14.6 Å². The van der Waals surface area contributed by atoms with Crippen molar-refractivity contribution in [3.05, 3.63) is 51.8 Å². The maximum absolute atomic E-state index is 12.4. The van der Waals surface area contributed by atoms with E-state index in [1.165, 1.54) is 7.11 Å². The second-order valence-electron chi connectivity index (χ2n) is 5.31. The number of ketones is 1. The number of rotatable bonds is 5. The fourth-order valence-electron chi connectivity index (χ4n) is 2.31. The van der Waals surface area contributed by atoms with E-state index in [1.54, 1.807) is 18.2 Å². The Balaban J connectivity index is 2.15. The number of benzene rings is 1. The minimum Gasteiger partial charge on any atom is -0.465 e. The number of nitrogens with one attached hydrogen (secondary N) is 1. The van der Waals surface area contributed by atoms with Crippen LogP contribution in [0.1, 0.15) is 32.1 Å². The molecule has 23 heavy (non-hydrogen) atoms. The second kappa shape index (κ2) is 6.87. The van der Waals surface area contributed by atoms with Crippen molar-refractivity contribution in [3.63, 3.8) is 0 Å². The molecule has 0 bridgehead atoms. The molecule has 1 aromatic carbocycles. The van der Waals surface area contributed by atoms with Gasteiger partial charge in [-0.15, -0.1) is 0 Å². The van der Waals surface area contributed by atoms with E-state index in [2.05, 4.69) is 10.1 Å². The number of anilines is 1. The lowest BCUT2D eigenvalue weighted by atomic mass is 10.1. The number of aryl methyl sites for hydroxylation is 1. The summed E-state index contributed by atoms with van der Waals surface area (Å²) >= 11 is 6.10. The minimum atomic E-state index is -0.453. The van der Waals surface area contributed by atoms with Crippen LogP contribution >= 0.6 is 11.6 Å². The van der Waals surface area contributed by atoms with Gasteiger partial charge in [0.25, 0.3) is 0 Å². The topological polar surface area (TPSA) is 60.3 Å². The number of nitrogens with zero attached hydrogens (tertiary/aromatic N) is 1. The Morgan fingerprint density at radius 1 is 1.26 bits per heavy atom. The summed E-state index contributed by atoms with van der Waals surface area (Å²) in [7, 11) is 3.24. The van der Waals surface area contributed by atoms with Gasteiger partial charge in [0, 0.05) is 24.0 Å². The molecule has 0 spiro atoms. The summed E-state index contributed by atoms with van der Waals surface area (Å²) in [6, 6.07) is 6.61. The predicted molar refractivity (Wildman–Crippen MR) is 90.5 cm³/mol. The number of hydrogen-bond donors (Lipinski definition) is 1. The molecule has 1 N–H and O–H groups in total. The fraction of sp³-hybridized carbons (Fsp3) is 0.294. The van der Waals surface area contributed by atoms with Crippen molar-refractivity contribution in [2.75, 3.05) is 19.0 Å². The molecule has 122 valence electrons. The predicted octanol–water partition coefficient (Wildman–Crippen LogP) is 3.38. The van der Waals surface area contributed by atoms with Crippen molar-refractivity contribution >= 4 is 29.0 Å². The molecule has 2 aromatic rings. The van der Waals surface area contributed by atoms with Crippen molar-refractivity contribution in [3.8, 4) is 0 Å². The third kappa shape index (κ3) is 3.56. The van der Waals surface area contributed by atoms with Crippen LogP contribution in [0.3, 0.4) is 0 Å². The van der Waals surface area contributed by atoms with E-state index in [1.807, 2.05) is 31.5 Å². The van der Waals surface area contributed by atoms with Crippen molar-refractivity contribution in [1.29, 1.82) is 0 Å². The van der Waals surface area contributed by atoms with Crippen LogP contribution in [0.15, 0.2) is 24.3 Å². The molecular formula is C17H19ClN2O3. The first-order chi connectivity index (χ1) is 10.8. The van der Waals surface area contributed by atoms with Gasteiger partial charge >= 0.3 is 5.97 Å². The summed E-state index contributed by atoms with van der Waals surface area (Å²) in [5.41, 5.74) is 3.52. The number of Topliss-reactive ketones (excluding diaryl/α,β-unsaturated/α-hetero) is 1. The largest absolute Gasteiger partial charge is 0.465 e. The molecule has 6 heteroatoms. The Hall–Kier alpha value is -2.27. The second-order valence-corrected chi connectivity index (χ2v) is 5.71. The van der Waals surface area contributed by atoms with Gasteiger partial charge in [0.05, 0.1) is 29.9 Å². The first-order valence-corrected chi connectivity index (χ1v) is 7.50. The molecule has 0 radical (unpaired) electrons. The van der Waals surface area contributed by atoms with E-state index in [0.29, 0.717) is 21.8 Å². The lowest BCUT2D eigenvalue weighted by Crippen LogP contribution is -2.15. The van der Waals surface area contributed by atoms with E-state index < -0.39 is 5.97 Å². The van der Waals surface area contributed by atoms with E-state index in [9.17, 15) is 9.59 Å². The van der Waals surface area contributed by atoms with Gasteiger partial charge in [0.15, 0.2) is 5.78 Å². The monoisotopic (exact) mass is 334 g/mol. The van der Waals surface area contributed by atoms with Crippen molar-refractivity contribution in [2.45, 2.75) is 13.8 Å². The van der Waals surface area contributed by atoms with Crippen molar-refractivity contribution < 1.29 is 14.3 Å². The maximum atomic E-state index is 12.4. The van der Waals surface area contributed by atoms with Crippen LogP contribution in [0.2, 0.25) is 5.02 Å². The van der Waals surface area contributed by atoms with Crippen LogP contribution < -0.4 is 5.32 Å². The highest BCUT2D eigenvalue weighted by Gasteiger charge is 2.15. The van der Waals surface area contributed by atoms with Crippen LogP contribution in [0.4, 0.5) is 5.69 Å². The molecule has 5 nitrogen and oxygen atoms in total.